The van der Waals surface area contributed by atoms with Crippen LogP contribution in [0.25, 0.3) is 0 Å². The molecular formula is C16H17F3N2O2. The maximum Gasteiger partial charge on any atom is 0.439 e. The van der Waals surface area contributed by atoms with Crippen LogP contribution in [0.1, 0.15) is 31.2 Å². The Bertz CT molecular complexity index is 630. The van der Waals surface area contributed by atoms with E-state index in [1.807, 2.05) is 0 Å². The standard InChI is InChI=1S/C16H17F3N2O2/c17-16(18,19)15(23)12-8-4-5-9-13(12)20-21(15)14(22)10-11-6-2-1-3-7-11/h1-3,6-7,12,23H,4-5,8-10H2/t12-,15-/m1/s1. The van der Waals surface area contributed by atoms with Crippen LogP contribution in [0.5, 0.6) is 0 Å². The van der Waals surface area contributed by atoms with Gasteiger partial charge in [-0.3, -0.25) is 4.79 Å². The second-order valence-electron chi connectivity index (χ2n) is 5.98. The lowest BCUT2D eigenvalue weighted by atomic mass is 9.80. The number of fused-ring (bicyclic) bond motifs is 1. The summed E-state index contributed by atoms with van der Waals surface area (Å²) in [6, 6.07) is 8.47. The van der Waals surface area contributed by atoms with Crippen LogP contribution in [-0.2, 0) is 11.2 Å². The van der Waals surface area contributed by atoms with Crippen LogP contribution in [0.4, 0.5) is 13.2 Å². The first-order valence-corrected chi connectivity index (χ1v) is 7.57. The van der Waals surface area contributed by atoms with Gasteiger partial charge < -0.3 is 5.11 Å². The molecule has 1 saturated carbocycles. The summed E-state index contributed by atoms with van der Waals surface area (Å²) in [7, 11) is 0. The van der Waals surface area contributed by atoms with E-state index in [-0.39, 0.29) is 23.6 Å². The lowest BCUT2D eigenvalue weighted by Gasteiger charge is -2.38. The minimum absolute atomic E-state index is 0.184. The lowest BCUT2D eigenvalue weighted by Crippen LogP contribution is -2.61. The highest BCUT2D eigenvalue weighted by Gasteiger charge is 2.68. The average molecular weight is 326 g/mol. The molecule has 0 unspecified atom stereocenters. The van der Waals surface area contributed by atoms with Crippen LogP contribution in [0.3, 0.4) is 0 Å². The molecule has 1 fully saturated rings. The minimum atomic E-state index is -4.95. The molecule has 0 saturated heterocycles. The zero-order valence-electron chi connectivity index (χ0n) is 12.4. The van der Waals surface area contributed by atoms with Crippen molar-refractivity contribution in [2.24, 2.45) is 11.0 Å². The molecular weight excluding hydrogens is 309 g/mol. The predicted molar refractivity (Wildman–Crippen MR) is 77.4 cm³/mol. The molecule has 124 valence electrons. The molecule has 0 spiro atoms. The number of nitrogens with zero attached hydrogens (tertiary/aromatic N) is 2. The molecule has 3 rings (SSSR count). The first-order valence-electron chi connectivity index (χ1n) is 7.57. The average Bonchev–Trinajstić information content (AvgIpc) is 2.83. The largest absolute Gasteiger partial charge is 0.439 e. The fourth-order valence-electron chi connectivity index (χ4n) is 3.31. The Morgan fingerprint density at radius 3 is 2.65 bits per heavy atom. The number of amides is 1. The predicted octanol–water partition coefficient (Wildman–Crippen LogP) is 2.87. The summed E-state index contributed by atoms with van der Waals surface area (Å²) in [5, 5.41) is 14.5. The molecule has 0 bridgehead atoms. The Kier molecular flexibility index (Phi) is 3.91. The maximum atomic E-state index is 13.5. The Hall–Kier alpha value is -1.89. The summed E-state index contributed by atoms with van der Waals surface area (Å²) in [6.45, 7) is 0. The highest BCUT2D eigenvalue weighted by Crippen LogP contribution is 2.48. The minimum Gasteiger partial charge on any atom is -0.362 e. The first kappa shape index (κ1) is 16.0. The Morgan fingerprint density at radius 1 is 1.30 bits per heavy atom. The number of hydrogen-bond donors (Lipinski definition) is 1. The van der Waals surface area contributed by atoms with Crippen LogP contribution < -0.4 is 0 Å². The van der Waals surface area contributed by atoms with E-state index in [2.05, 4.69) is 5.10 Å². The number of carbonyl (C=O) groups excluding carboxylic acids is 1. The van der Waals surface area contributed by atoms with Gasteiger partial charge in [0.1, 0.15) is 0 Å². The number of halogens is 3. The van der Waals surface area contributed by atoms with E-state index in [9.17, 15) is 23.1 Å². The van der Waals surface area contributed by atoms with E-state index in [1.54, 1.807) is 30.3 Å². The molecule has 1 aromatic carbocycles. The molecule has 1 amide bonds. The van der Waals surface area contributed by atoms with Crippen LogP contribution in [0.15, 0.2) is 35.4 Å². The maximum absolute atomic E-state index is 13.5. The summed E-state index contributed by atoms with van der Waals surface area (Å²) >= 11 is 0. The summed E-state index contributed by atoms with van der Waals surface area (Å²) in [5.74, 6) is -2.01. The summed E-state index contributed by atoms with van der Waals surface area (Å²) < 4.78 is 40.6. The van der Waals surface area contributed by atoms with Gasteiger partial charge in [-0.1, -0.05) is 36.8 Å². The summed E-state index contributed by atoms with van der Waals surface area (Å²) in [4.78, 5) is 12.4. The van der Waals surface area contributed by atoms with Gasteiger partial charge >= 0.3 is 6.18 Å². The summed E-state index contributed by atoms with van der Waals surface area (Å²) in [5.41, 5.74) is -2.37. The fourth-order valence-corrected chi connectivity index (χ4v) is 3.31. The van der Waals surface area contributed by atoms with E-state index in [0.29, 0.717) is 18.4 Å². The quantitative estimate of drug-likeness (QED) is 0.908. The Balaban J connectivity index is 1.92. The molecule has 7 heteroatoms. The SMILES string of the molecule is O=C(Cc1ccccc1)N1N=C2CCCC[C@H]2[C@@]1(O)C(F)(F)F. The number of carbonyl (C=O) groups is 1. The Morgan fingerprint density at radius 2 is 2.00 bits per heavy atom. The third kappa shape index (κ3) is 2.63. The topological polar surface area (TPSA) is 52.9 Å². The van der Waals surface area contributed by atoms with Gasteiger partial charge in [-0.05, 0) is 24.8 Å². The second kappa shape index (κ2) is 5.63. The number of hydrogen-bond acceptors (Lipinski definition) is 3. The Labute approximate surface area is 131 Å². The number of hydrazone groups is 1. The molecule has 2 atom stereocenters. The molecule has 1 aromatic rings. The molecule has 0 aromatic heterocycles. The van der Waals surface area contributed by atoms with Gasteiger partial charge in [-0.15, -0.1) is 0 Å². The number of benzene rings is 1. The van der Waals surface area contributed by atoms with Crippen LogP contribution in [0.2, 0.25) is 0 Å². The zero-order valence-corrected chi connectivity index (χ0v) is 12.4. The third-order valence-corrected chi connectivity index (χ3v) is 4.47. The number of alkyl halides is 3. The highest BCUT2D eigenvalue weighted by molar-refractivity contribution is 5.93. The van der Waals surface area contributed by atoms with E-state index in [1.165, 1.54) is 0 Å². The van der Waals surface area contributed by atoms with Gasteiger partial charge in [0.05, 0.1) is 12.3 Å². The van der Waals surface area contributed by atoms with E-state index < -0.39 is 23.7 Å². The van der Waals surface area contributed by atoms with Crippen molar-refractivity contribution in [1.29, 1.82) is 0 Å². The van der Waals surface area contributed by atoms with Crippen molar-refractivity contribution in [2.45, 2.75) is 44.0 Å². The monoisotopic (exact) mass is 326 g/mol. The van der Waals surface area contributed by atoms with Crippen molar-refractivity contribution in [2.75, 3.05) is 0 Å². The third-order valence-electron chi connectivity index (χ3n) is 4.47. The molecule has 1 N–H and O–H groups in total. The zero-order chi connectivity index (χ0) is 16.7. The van der Waals surface area contributed by atoms with Gasteiger partial charge in [0.15, 0.2) is 0 Å². The smallest absolute Gasteiger partial charge is 0.362 e. The number of rotatable bonds is 2. The fraction of sp³-hybridized carbons (Fsp3) is 0.500. The van der Waals surface area contributed by atoms with Crippen molar-refractivity contribution in [3.8, 4) is 0 Å². The van der Waals surface area contributed by atoms with Crippen molar-refractivity contribution >= 4 is 11.6 Å². The van der Waals surface area contributed by atoms with Crippen LogP contribution >= 0.6 is 0 Å². The first-order chi connectivity index (χ1) is 10.8. The highest BCUT2D eigenvalue weighted by atomic mass is 19.4. The molecule has 0 radical (unpaired) electrons. The van der Waals surface area contributed by atoms with Crippen molar-refractivity contribution in [1.82, 2.24) is 5.01 Å². The lowest BCUT2D eigenvalue weighted by molar-refractivity contribution is -0.317. The number of aliphatic hydroxyl groups is 1. The molecule has 1 aliphatic carbocycles. The van der Waals surface area contributed by atoms with Gasteiger partial charge in [0.2, 0.25) is 5.91 Å². The molecule has 23 heavy (non-hydrogen) atoms. The van der Waals surface area contributed by atoms with Gasteiger partial charge in [0.25, 0.3) is 5.72 Å². The van der Waals surface area contributed by atoms with Crippen molar-refractivity contribution in [3.63, 3.8) is 0 Å². The molecule has 2 aliphatic rings. The second-order valence-corrected chi connectivity index (χ2v) is 5.98. The van der Waals surface area contributed by atoms with Crippen LogP contribution in [0, 0.1) is 5.92 Å². The van der Waals surface area contributed by atoms with E-state index in [4.69, 9.17) is 0 Å². The normalized spacial score (nSPS) is 27.6. The van der Waals surface area contributed by atoms with E-state index in [0.717, 1.165) is 6.42 Å². The molecule has 1 heterocycles. The summed E-state index contributed by atoms with van der Waals surface area (Å²) in [6.07, 6.45) is -3.30. The van der Waals surface area contributed by atoms with Gasteiger partial charge in [-0.25, -0.2) is 0 Å². The molecule has 4 nitrogen and oxygen atoms in total. The van der Waals surface area contributed by atoms with Crippen molar-refractivity contribution < 1.29 is 23.1 Å². The molecule has 1 aliphatic heterocycles. The van der Waals surface area contributed by atoms with Crippen LogP contribution in [-0.4, -0.2) is 33.6 Å². The van der Waals surface area contributed by atoms with Gasteiger partial charge in [-0.2, -0.15) is 23.3 Å². The van der Waals surface area contributed by atoms with Gasteiger partial charge in [0, 0.05) is 5.71 Å². The van der Waals surface area contributed by atoms with E-state index >= 15 is 0 Å². The van der Waals surface area contributed by atoms with Crippen molar-refractivity contribution in [3.05, 3.63) is 35.9 Å².